The van der Waals surface area contributed by atoms with Gasteiger partial charge in [-0.15, -0.1) is 0 Å². The lowest BCUT2D eigenvalue weighted by Gasteiger charge is -2.17. The number of hydrogen-bond donors (Lipinski definition) is 2. The molecule has 0 bridgehead atoms. The zero-order valence-corrected chi connectivity index (χ0v) is 10.4. The molecule has 0 radical (unpaired) electrons. The Morgan fingerprint density at radius 3 is 3.06 bits per heavy atom. The number of thioether (sulfide) groups is 1. The van der Waals surface area contributed by atoms with E-state index in [2.05, 4.69) is 15.5 Å². The van der Waals surface area contributed by atoms with Crippen molar-refractivity contribution >= 4 is 11.8 Å². The molecule has 2 aliphatic heterocycles. The first-order chi connectivity index (χ1) is 8.33. The summed E-state index contributed by atoms with van der Waals surface area (Å²) in [7, 11) is 0. The van der Waals surface area contributed by atoms with E-state index in [9.17, 15) is 5.11 Å². The molecule has 3 atom stereocenters. The van der Waals surface area contributed by atoms with Crippen LogP contribution >= 0.6 is 11.8 Å². The summed E-state index contributed by atoms with van der Waals surface area (Å²) in [6.07, 6.45) is 4.06. The second-order valence-corrected chi connectivity index (χ2v) is 6.01. The average molecular weight is 255 g/mol. The lowest BCUT2D eigenvalue weighted by Crippen LogP contribution is -2.15. The molecule has 0 spiro atoms. The summed E-state index contributed by atoms with van der Waals surface area (Å²) >= 11 is 1.92. The lowest BCUT2D eigenvalue weighted by molar-refractivity contribution is 0.191. The van der Waals surface area contributed by atoms with Gasteiger partial charge < -0.3 is 14.9 Å². The number of nitrogens with zero attached hydrogens (tertiary/aromatic N) is 2. The van der Waals surface area contributed by atoms with E-state index in [0.29, 0.717) is 24.1 Å². The molecule has 0 saturated carbocycles. The molecule has 5 nitrogen and oxygen atoms in total. The maximum atomic E-state index is 9.46. The molecule has 2 aliphatic rings. The van der Waals surface area contributed by atoms with E-state index in [1.54, 1.807) is 0 Å². The molecule has 0 aliphatic carbocycles. The number of rotatable bonds is 2. The van der Waals surface area contributed by atoms with Crippen molar-refractivity contribution < 1.29 is 9.63 Å². The topological polar surface area (TPSA) is 71.2 Å². The van der Waals surface area contributed by atoms with Crippen LogP contribution in [-0.4, -0.2) is 33.6 Å². The Bertz CT molecular complexity index is 359. The first kappa shape index (κ1) is 11.5. The van der Waals surface area contributed by atoms with Crippen LogP contribution in [0.1, 0.15) is 48.7 Å². The average Bonchev–Trinajstić information content (AvgIpc) is 2.98. The number of β-amino-alcohol motifs (C(OH)–C–C–N with tert-alkyl or cyclic N) is 1. The van der Waals surface area contributed by atoms with E-state index in [1.807, 2.05) is 11.8 Å². The molecule has 3 heterocycles. The van der Waals surface area contributed by atoms with Gasteiger partial charge in [-0.1, -0.05) is 11.6 Å². The van der Waals surface area contributed by atoms with Gasteiger partial charge in [0.25, 0.3) is 0 Å². The molecule has 2 fully saturated rings. The highest BCUT2D eigenvalue weighted by Gasteiger charge is 2.29. The Labute approximate surface area is 104 Å². The molecular weight excluding hydrogens is 238 g/mol. The Balaban J connectivity index is 1.69. The number of aliphatic hydroxyl groups is 1. The first-order valence-corrected chi connectivity index (χ1v) is 7.24. The van der Waals surface area contributed by atoms with Gasteiger partial charge in [-0.25, -0.2) is 0 Å². The molecule has 6 heteroatoms. The van der Waals surface area contributed by atoms with Gasteiger partial charge >= 0.3 is 0 Å². The van der Waals surface area contributed by atoms with Crippen molar-refractivity contribution in [2.45, 2.75) is 43.1 Å². The van der Waals surface area contributed by atoms with Crippen molar-refractivity contribution in [2.75, 3.05) is 12.3 Å². The van der Waals surface area contributed by atoms with Gasteiger partial charge in [0.15, 0.2) is 5.82 Å². The van der Waals surface area contributed by atoms with Crippen LogP contribution in [0.2, 0.25) is 0 Å². The fraction of sp³-hybridized carbons (Fsp3) is 0.818. The van der Waals surface area contributed by atoms with Crippen LogP contribution in [0.3, 0.4) is 0 Å². The van der Waals surface area contributed by atoms with Crippen molar-refractivity contribution in [3.8, 4) is 0 Å². The molecule has 0 amide bonds. The van der Waals surface area contributed by atoms with E-state index in [0.717, 1.165) is 12.2 Å². The third-order valence-corrected chi connectivity index (χ3v) is 4.70. The Morgan fingerprint density at radius 1 is 1.41 bits per heavy atom. The van der Waals surface area contributed by atoms with Crippen molar-refractivity contribution in [1.82, 2.24) is 15.5 Å². The van der Waals surface area contributed by atoms with E-state index in [1.165, 1.54) is 18.6 Å². The number of hydrogen-bond acceptors (Lipinski definition) is 6. The summed E-state index contributed by atoms with van der Waals surface area (Å²) in [5.41, 5.74) is 0. The van der Waals surface area contributed by atoms with E-state index >= 15 is 0 Å². The molecule has 17 heavy (non-hydrogen) atoms. The summed E-state index contributed by atoms with van der Waals surface area (Å²) < 4.78 is 5.30. The maximum Gasteiger partial charge on any atom is 0.243 e. The number of aromatic nitrogens is 2. The minimum Gasteiger partial charge on any atom is -0.392 e. The molecular formula is C11H17N3O2S. The van der Waals surface area contributed by atoms with Crippen LogP contribution < -0.4 is 5.32 Å². The SMILES string of the molecule is O[C@H]1CN[C@@H](c2nc(C3CCCCS3)no2)C1. The van der Waals surface area contributed by atoms with Crippen molar-refractivity contribution in [3.63, 3.8) is 0 Å². The van der Waals surface area contributed by atoms with Crippen molar-refractivity contribution in [2.24, 2.45) is 0 Å². The highest BCUT2D eigenvalue weighted by Crippen LogP contribution is 2.37. The molecule has 1 aromatic heterocycles. The third kappa shape index (κ3) is 2.48. The summed E-state index contributed by atoms with van der Waals surface area (Å²) in [4.78, 5) is 4.48. The Kier molecular flexibility index (Phi) is 3.35. The Morgan fingerprint density at radius 2 is 2.35 bits per heavy atom. The van der Waals surface area contributed by atoms with Crippen LogP contribution in [0.15, 0.2) is 4.52 Å². The fourth-order valence-electron chi connectivity index (χ4n) is 2.37. The molecule has 2 N–H and O–H groups in total. The van der Waals surface area contributed by atoms with Crippen LogP contribution in [-0.2, 0) is 0 Å². The minimum atomic E-state index is -0.292. The largest absolute Gasteiger partial charge is 0.392 e. The first-order valence-electron chi connectivity index (χ1n) is 6.19. The zero-order valence-electron chi connectivity index (χ0n) is 9.63. The lowest BCUT2D eigenvalue weighted by atomic mass is 10.2. The quantitative estimate of drug-likeness (QED) is 0.833. The highest BCUT2D eigenvalue weighted by molar-refractivity contribution is 7.99. The van der Waals surface area contributed by atoms with Crippen LogP contribution in [0.4, 0.5) is 0 Å². The second-order valence-electron chi connectivity index (χ2n) is 4.70. The van der Waals surface area contributed by atoms with E-state index < -0.39 is 0 Å². The van der Waals surface area contributed by atoms with Crippen LogP contribution in [0.25, 0.3) is 0 Å². The molecule has 3 rings (SSSR count). The third-order valence-electron chi connectivity index (χ3n) is 3.33. The summed E-state index contributed by atoms with van der Waals surface area (Å²) in [6.45, 7) is 0.612. The summed E-state index contributed by atoms with van der Waals surface area (Å²) in [6, 6.07) is 0.0276. The highest BCUT2D eigenvalue weighted by atomic mass is 32.2. The summed E-state index contributed by atoms with van der Waals surface area (Å²) in [5, 5.41) is 17.1. The number of aliphatic hydroxyl groups excluding tert-OH is 1. The van der Waals surface area contributed by atoms with Crippen molar-refractivity contribution in [3.05, 3.63) is 11.7 Å². The predicted molar refractivity (Wildman–Crippen MR) is 64.7 cm³/mol. The van der Waals surface area contributed by atoms with Crippen LogP contribution in [0.5, 0.6) is 0 Å². The second kappa shape index (κ2) is 4.96. The van der Waals surface area contributed by atoms with Gasteiger partial charge in [0.1, 0.15) is 0 Å². The van der Waals surface area contributed by atoms with Gasteiger partial charge in [-0.05, 0) is 25.0 Å². The van der Waals surface area contributed by atoms with Gasteiger partial charge in [0.05, 0.1) is 17.4 Å². The normalized spacial score (nSPS) is 34.1. The van der Waals surface area contributed by atoms with Gasteiger partial charge in [0.2, 0.25) is 5.89 Å². The minimum absolute atomic E-state index is 0.0276. The van der Waals surface area contributed by atoms with Crippen LogP contribution in [0, 0.1) is 0 Å². The van der Waals surface area contributed by atoms with Crippen molar-refractivity contribution in [1.29, 1.82) is 0 Å². The molecule has 0 aromatic carbocycles. The van der Waals surface area contributed by atoms with E-state index in [-0.39, 0.29) is 12.1 Å². The molecule has 1 unspecified atom stereocenters. The molecule has 1 aromatic rings. The van der Waals surface area contributed by atoms with Gasteiger partial charge in [0, 0.05) is 6.54 Å². The predicted octanol–water partition coefficient (Wildman–Crippen LogP) is 1.42. The van der Waals surface area contributed by atoms with Gasteiger partial charge in [-0.2, -0.15) is 16.7 Å². The van der Waals surface area contributed by atoms with E-state index in [4.69, 9.17) is 4.52 Å². The summed E-state index contributed by atoms with van der Waals surface area (Å²) in [5.74, 6) is 2.64. The standard InChI is InChI=1S/C11H17N3O2S/c15-7-5-8(12-6-7)11-13-10(14-16-11)9-3-1-2-4-17-9/h7-9,12,15H,1-6H2/t7-,8-,9?/m1/s1. The molecule has 94 valence electrons. The molecule has 2 saturated heterocycles. The smallest absolute Gasteiger partial charge is 0.243 e. The zero-order chi connectivity index (χ0) is 11.7. The maximum absolute atomic E-state index is 9.46. The van der Waals surface area contributed by atoms with Gasteiger partial charge in [-0.3, -0.25) is 0 Å². The monoisotopic (exact) mass is 255 g/mol. The Hall–Kier alpha value is -0.590. The fourth-order valence-corrected chi connectivity index (χ4v) is 3.60. The number of nitrogens with one attached hydrogen (secondary N) is 1.